The van der Waals surface area contributed by atoms with Gasteiger partial charge in [-0.1, -0.05) is 53.4 Å². The molecule has 2 saturated carbocycles. The number of hydrogen-bond acceptors (Lipinski definition) is 8. The van der Waals surface area contributed by atoms with E-state index in [0.29, 0.717) is 26.5 Å². The number of amides is 3. The number of esters is 1. The molecule has 2 heterocycles. The van der Waals surface area contributed by atoms with Crippen LogP contribution in [0.1, 0.15) is 44.2 Å². The topological polar surface area (TPSA) is 105 Å². The van der Waals surface area contributed by atoms with Crippen LogP contribution < -0.4 is 10.2 Å². The van der Waals surface area contributed by atoms with Gasteiger partial charge in [0.25, 0.3) is 0 Å². The molecule has 0 spiro atoms. The molecule has 0 bridgehead atoms. The molecule has 34 heavy (non-hydrogen) atoms. The lowest BCUT2D eigenvalue weighted by Crippen LogP contribution is -2.50. The van der Waals surface area contributed by atoms with Crippen LogP contribution in [0.15, 0.2) is 45.9 Å². The lowest BCUT2D eigenvalue weighted by molar-refractivity contribution is -0.136. The van der Waals surface area contributed by atoms with Gasteiger partial charge in [0, 0.05) is 30.5 Å². The standard InChI is InChI=1S/C23H25N5O4S2/c1-13(29)27(15-8-9-15)22-25-26-23(34-22)33-12-17-18(20(30)32-2)19(14-6-4-3-5-7-14)24-21(31)28(17)16-10-11-16/h3-7,15-16,19H,8-12H2,1-2H3,(H,24,31). The highest BCUT2D eigenvalue weighted by Crippen LogP contribution is 2.41. The summed E-state index contributed by atoms with van der Waals surface area (Å²) in [6, 6.07) is 8.88. The van der Waals surface area contributed by atoms with E-state index in [1.807, 2.05) is 30.3 Å². The van der Waals surface area contributed by atoms with Crippen LogP contribution >= 0.6 is 23.1 Å². The molecule has 1 aliphatic heterocycles. The summed E-state index contributed by atoms with van der Waals surface area (Å²) in [6.07, 6.45) is 3.74. The van der Waals surface area contributed by atoms with E-state index in [1.54, 1.807) is 9.80 Å². The summed E-state index contributed by atoms with van der Waals surface area (Å²) in [5.74, 6) is -0.152. The van der Waals surface area contributed by atoms with Gasteiger partial charge in [0.1, 0.15) is 0 Å². The zero-order chi connectivity index (χ0) is 23.8. The molecule has 1 aromatic carbocycles. The number of rotatable bonds is 8. The summed E-state index contributed by atoms with van der Waals surface area (Å²) in [7, 11) is 1.35. The number of thioether (sulfide) groups is 1. The number of carbonyl (C=O) groups excluding carboxylic acids is 3. The van der Waals surface area contributed by atoms with Gasteiger partial charge in [-0.25, -0.2) is 9.59 Å². The predicted molar refractivity (Wildman–Crippen MR) is 128 cm³/mol. The van der Waals surface area contributed by atoms with Crippen LogP contribution in [0.2, 0.25) is 0 Å². The van der Waals surface area contributed by atoms with Gasteiger partial charge in [0.15, 0.2) is 4.34 Å². The minimum absolute atomic E-state index is 0.0413. The molecular formula is C23H25N5O4S2. The Labute approximate surface area is 205 Å². The van der Waals surface area contributed by atoms with Crippen molar-refractivity contribution in [2.24, 2.45) is 0 Å². The summed E-state index contributed by atoms with van der Waals surface area (Å²) in [5, 5.41) is 12.1. The fourth-order valence-corrected chi connectivity index (χ4v) is 6.15. The number of nitrogens with one attached hydrogen (secondary N) is 1. The lowest BCUT2D eigenvalue weighted by atomic mass is 9.95. The van der Waals surface area contributed by atoms with Gasteiger partial charge in [-0.3, -0.25) is 14.6 Å². The third kappa shape index (κ3) is 4.54. The van der Waals surface area contributed by atoms with Crippen LogP contribution in [0, 0.1) is 0 Å². The number of ether oxygens (including phenoxy) is 1. The smallest absolute Gasteiger partial charge is 0.338 e. The summed E-state index contributed by atoms with van der Waals surface area (Å²) < 4.78 is 5.83. The predicted octanol–water partition coefficient (Wildman–Crippen LogP) is 3.50. The molecule has 9 nitrogen and oxygen atoms in total. The molecule has 1 N–H and O–H groups in total. The first-order valence-electron chi connectivity index (χ1n) is 11.2. The molecule has 3 aliphatic rings. The number of methoxy groups -OCH3 is 1. The molecule has 11 heteroatoms. The molecule has 1 atom stereocenters. The van der Waals surface area contributed by atoms with Gasteiger partial charge in [0.05, 0.1) is 18.7 Å². The molecule has 2 aromatic rings. The maximum atomic E-state index is 13.1. The van der Waals surface area contributed by atoms with Gasteiger partial charge in [-0.2, -0.15) is 0 Å². The van der Waals surface area contributed by atoms with Gasteiger partial charge in [0.2, 0.25) is 11.0 Å². The Kier molecular flexibility index (Phi) is 6.30. The van der Waals surface area contributed by atoms with Gasteiger partial charge in [-0.05, 0) is 31.2 Å². The molecule has 5 rings (SSSR count). The second-order valence-electron chi connectivity index (χ2n) is 8.51. The number of aromatic nitrogens is 2. The Balaban J connectivity index is 1.47. The van der Waals surface area contributed by atoms with E-state index in [2.05, 4.69) is 15.5 Å². The molecule has 1 aromatic heterocycles. The lowest BCUT2D eigenvalue weighted by Gasteiger charge is -2.36. The molecule has 0 saturated heterocycles. The Morgan fingerprint density at radius 2 is 1.94 bits per heavy atom. The van der Waals surface area contributed by atoms with Crippen molar-refractivity contribution in [3.05, 3.63) is 47.2 Å². The number of urea groups is 1. The van der Waals surface area contributed by atoms with E-state index in [0.717, 1.165) is 31.2 Å². The summed E-state index contributed by atoms with van der Waals surface area (Å²) in [6.45, 7) is 1.54. The Morgan fingerprint density at radius 3 is 2.56 bits per heavy atom. The van der Waals surface area contributed by atoms with E-state index in [1.165, 1.54) is 37.1 Å². The Hall–Kier alpha value is -2.92. The van der Waals surface area contributed by atoms with Crippen molar-refractivity contribution < 1.29 is 19.1 Å². The summed E-state index contributed by atoms with van der Waals surface area (Å²) in [5.41, 5.74) is 1.88. The quantitative estimate of drug-likeness (QED) is 0.337. The molecule has 1 unspecified atom stereocenters. The monoisotopic (exact) mass is 499 g/mol. The van der Waals surface area contributed by atoms with Crippen molar-refractivity contribution in [1.29, 1.82) is 0 Å². The van der Waals surface area contributed by atoms with Crippen LogP contribution in [0.5, 0.6) is 0 Å². The summed E-state index contributed by atoms with van der Waals surface area (Å²) in [4.78, 5) is 41.6. The highest BCUT2D eigenvalue weighted by atomic mass is 32.2. The average molecular weight is 500 g/mol. The SMILES string of the molecule is COC(=O)C1=C(CSc2nnc(N(C(C)=O)C3CC3)s2)N(C2CC2)C(=O)NC1c1ccccc1. The number of carbonyl (C=O) groups is 3. The van der Waals surface area contributed by atoms with Crippen molar-refractivity contribution in [3.63, 3.8) is 0 Å². The van der Waals surface area contributed by atoms with Crippen molar-refractivity contribution in [2.45, 2.75) is 55.1 Å². The van der Waals surface area contributed by atoms with Crippen LogP contribution in [-0.2, 0) is 14.3 Å². The minimum atomic E-state index is -0.597. The van der Waals surface area contributed by atoms with Crippen molar-refractivity contribution in [1.82, 2.24) is 20.4 Å². The minimum Gasteiger partial charge on any atom is -0.466 e. The second-order valence-corrected chi connectivity index (χ2v) is 10.7. The molecule has 178 valence electrons. The van der Waals surface area contributed by atoms with E-state index in [-0.39, 0.29) is 24.0 Å². The van der Waals surface area contributed by atoms with Crippen LogP contribution in [0.25, 0.3) is 0 Å². The first-order valence-corrected chi connectivity index (χ1v) is 13.0. The third-order valence-electron chi connectivity index (χ3n) is 6.01. The third-order valence-corrected chi connectivity index (χ3v) is 8.08. The van der Waals surface area contributed by atoms with Gasteiger partial charge < -0.3 is 10.1 Å². The van der Waals surface area contributed by atoms with Crippen molar-refractivity contribution in [2.75, 3.05) is 17.8 Å². The zero-order valence-electron chi connectivity index (χ0n) is 18.9. The number of hydrogen-bond donors (Lipinski definition) is 1. The van der Waals surface area contributed by atoms with E-state index >= 15 is 0 Å². The molecule has 2 fully saturated rings. The molecule has 0 radical (unpaired) electrons. The normalized spacial score (nSPS) is 20.2. The number of nitrogens with zero attached hydrogens (tertiary/aromatic N) is 4. The van der Waals surface area contributed by atoms with E-state index in [9.17, 15) is 14.4 Å². The maximum absolute atomic E-state index is 13.1. The average Bonchev–Trinajstić information content (AvgIpc) is 3.77. The van der Waals surface area contributed by atoms with Crippen molar-refractivity contribution in [3.8, 4) is 0 Å². The largest absolute Gasteiger partial charge is 0.466 e. The van der Waals surface area contributed by atoms with Crippen molar-refractivity contribution >= 4 is 46.1 Å². The van der Waals surface area contributed by atoms with Crippen LogP contribution in [0.4, 0.5) is 9.93 Å². The highest BCUT2D eigenvalue weighted by molar-refractivity contribution is 8.01. The molecule has 2 aliphatic carbocycles. The fourth-order valence-electron chi connectivity index (χ4n) is 4.16. The first-order chi connectivity index (χ1) is 16.5. The number of benzene rings is 1. The zero-order valence-corrected chi connectivity index (χ0v) is 20.5. The van der Waals surface area contributed by atoms with Gasteiger partial charge >= 0.3 is 12.0 Å². The second kappa shape index (κ2) is 9.38. The fraction of sp³-hybridized carbons (Fsp3) is 0.435. The maximum Gasteiger partial charge on any atom is 0.338 e. The van der Waals surface area contributed by atoms with E-state index < -0.39 is 12.0 Å². The summed E-state index contributed by atoms with van der Waals surface area (Å²) >= 11 is 2.76. The Bertz CT molecular complexity index is 1140. The molecule has 3 amide bonds. The van der Waals surface area contributed by atoms with Crippen LogP contribution in [0.3, 0.4) is 0 Å². The first kappa shape index (κ1) is 22.9. The van der Waals surface area contributed by atoms with Crippen LogP contribution in [-0.4, -0.2) is 58.0 Å². The highest BCUT2D eigenvalue weighted by Gasteiger charge is 2.44. The Morgan fingerprint density at radius 1 is 1.21 bits per heavy atom. The number of anilines is 1. The van der Waals surface area contributed by atoms with E-state index in [4.69, 9.17) is 4.74 Å². The molecular weight excluding hydrogens is 474 g/mol. The van der Waals surface area contributed by atoms with Gasteiger partial charge in [-0.15, -0.1) is 10.2 Å².